The molecule has 1 heterocycles. The molecule has 1 N–H and O–H groups in total. The van der Waals surface area contributed by atoms with Crippen LogP contribution in [-0.4, -0.2) is 49.1 Å². The molecule has 2 aromatic rings. The van der Waals surface area contributed by atoms with Crippen LogP contribution in [0.3, 0.4) is 0 Å². The van der Waals surface area contributed by atoms with Crippen molar-refractivity contribution in [3.05, 3.63) is 70.5 Å². The summed E-state index contributed by atoms with van der Waals surface area (Å²) in [5, 5.41) is 11.0. The Balaban J connectivity index is 2.15. The lowest BCUT2D eigenvalue weighted by Crippen LogP contribution is -2.32. The largest absolute Gasteiger partial charge is 0.507 e. The van der Waals surface area contributed by atoms with Gasteiger partial charge in [0.2, 0.25) is 0 Å². The Hall–Kier alpha value is -3.19. The molecule has 1 aliphatic rings. The molecule has 0 spiro atoms. The number of likely N-dealkylation sites (tertiary alicyclic amines) is 1. The van der Waals surface area contributed by atoms with Crippen molar-refractivity contribution in [2.45, 2.75) is 13.0 Å². The normalized spacial score (nSPS) is 18.3. The first-order valence-corrected chi connectivity index (χ1v) is 9.06. The summed E-state index contributed by atoms with van der Waals surface area (Å²) in [6.07, 6.45) is 0. The lowest BCUT2D eigenvalue weighted by atomic mass is 9.95. The van der Waals surface area contributed by atoms with Crippen molar-refractivity contribution in [3.63, 3.8) is 0 Å². The van der Waals surface area contributed by atoms with Gasteiger partial charge in [-0.05, 0) is 48.4 Å². The topological polar surface area (TPSA) is 76.1 Å². The second-order valence-electron chi connectivity index (χ2n) is 6.72. The minimum absolute atomic E-state index is 0.0396. The fourth-order valence-electron chi connectivity index (χ4n) is 3.47. The highest BCUT2D eigenvalue weighted by Crippen LogP contribution is 2.39. The molecule has 0 aromatic heterocycles. The molecule has 1 saturated heterocycles. The molecule has 7 heteroatoms. The van der Waals surface area contributed by atoms with Crippen molar-refractivity contribution in [2.24, 2.45) is 0 Å². The van der Waals surface area contributed by atoms with Crippen LogP contribution in [0.25, 0.3) is 5.76 Å². The number of rotatable bonds is 6. The Morgan fingerprint density at radius 2 is 1.83 bits per heavy atom. The summed E-state index contributed by atoms with van der Waals surface area (Å²) in [4.78, 5) is 26.8. The van der Waals surface area contributed by atoms with E-state index in [0.717, 1.165) is 5.56 Å². The third kappa shape index (κ3) is 3.86. The average molecular weight is 399 g/mol. The summed E-state index contributed by atoms with van der Waals surface area (Å²) in [6, 6.07) is 9.64. The minimum atomic E-state index is -0.840. The van der Waals surface area contributed by atoms with Crippen molar-refractivity contribution in [3.8, 4) is 5.75 Å². The molecular formula is C22H22FNO5. The van der Waals surface area contributed by atoms with Crippen LogP contribution >= 0.6 is 0 Å². The Bertz CT molecular complexity index is 968. The lowest BCUT2D eigenvalue weighted by Gasteiger charge is -2.25. The number of aliphatic hydroxyl groups is 1. The highest BCUT2D eigenvalue weighted by molar-refractivity contribution is 6.46. The third-order valence-corrected chi connectivity index (χ3v) is 4.93. The smallest absolute Gasteiger partial charge is 0.295 e. The summed E-state index contributed by atoms with van der Waals surface area (Å²) in [7, 11) is 3.03. The number of hydrogen-bond acceptors (Lipinski definition) is 5. The number of nitrogens with zero attached hydrogens (tertiary/aromatic N) is 1. The molecule has 0 radical (unpaired) electrons. The maximum atomic E-state index is 13.4. The fraction of sp³-hybridized carbons (Fsp3) is 0.273. The number of ketones is 1. The molecule has 29 heavy (non-hydrogen) atoms. The minimum Gasteiger partial charge on any atom is -0.507 e. The van der Waals surface area contributed by atoms with Crippen LogP contribution in [0.2, 0.25) is 0 Å². The predicted molar refractivity (Wildman–Crippen MR) is 105 cm³/mol. The standard InChI is InChI=1S/C22H22FNO5/c1-13-12-15(6-9-17(13)29-3)20(25)18-19(14-4-7-16(23)8-5-14)24(10-11-28-2)22(27)21(18)26/h4-9,12,19,25H,10-11H2,1-3H3/b20-18+. The number of Topliss-reactive ketones (excluding diaryl/α,β-unsaturated/α-hetero) is 1. The fourth-order valence-corrected chi connectivity index (χ4v) is 3.47. The quantitative estimate of drug-likeness (QED) is 0.459. The van der Waals surface area contributed by atoms with Gasteiger partial charge in [-0.1, -0.05) is 12.1 Å². The summed E-state index contributed by atoms with van der Waals surface area (Å²) in [6.45, 7) is 2.18. The maximum absolute atomic E-state index is 13.4. The molecule has 1 amide bonds. The van der Waals surface area contributed by atoms with Crippen LogP contribution in [0.4, 0.5) is 4.39 Å². The van der Waals surface area contributed by atoms with E-state index in [2.05, 4.69) is 0 Å². The van der Waals surface area contributed by atoms with Crippen LogP contribution in [-0.2, 0) is 14.3 Å². The van der Waals surface area contributed by atoms with Gasteiger partial charge in [-0.2, -0.15) is 0 Å². The van der Waals surface area contributed by atoms with Crippen molar-refractivity contribution in [2.75, 3.05) is 27.4 Å². The second kappa shape index (κ2) is 8.45. The molecule has 152 valence electrons. The van der Waals surface area contributed by atoms with Gasteiger partial charge in [0.1, 0.15) is 17.3 Å². The van der Waals surface area contributed by atoms with Crippen molar-refractivity contribution < 1.29 is 28.6 Å². The van der Waals surface area contributed by atoms with Gasteiger partial charge in [0.15, 0.2) is 0 Å². The summed E-state index contributed by atoms with van der Waals surface area (Å²) in [5.74, 6) is -1.61. The summed E-state index contributed by atoms with van der Waals surface area (Å²) >= 11 is 0. The van der Waals surface area contributed by atoms with E-state index in [0.29, 0.717) is 16.9 Å². The second-order valence-corrected chi connectivity index (χ2v) is 6.72. The lowest BCUT2D eigenvalue weighted by molar-refractivity contribution is -0.140. The van der Waals surface area contributed by atoms with Crippen LogP contribution < -0.4 is 4.74 Å². The number of carbonyl (C=O) groups is 2. The van der Waals surface area contributed by atoms with E-state index in [1.165, 1.54) is 43.4 Å². The van der Waals surface area contributed by atoms with E-state index in [1.807, 2.05) is 6.92 Å². The van der Waals surface area contributed by atoms with E-state index in [1.54, 1.807) is 18.2 Å². The van der Waals surface area contributed by atoms with Crippen LogP contribution in [0.5, 0.6) is 5.75 Å². The molecule has 1 aliphatic heterocycles. The van der Waals surface area contributed by atoms with Crippen LogP contribution in [0, 0.1) is 12.7 Å². The number of methoxy groups -OCH3 is 2. The molecule has 1 fully saturated rings. The molecule has 0 saturated carbocycles. The Morgan fingerprint density at radius 3 is 2.41 bits per heavy atom. The van der Waals surface area contributed by atoms with E-state index >= 15 is 0 Å². The van der Waals surface area contributed by atoms with E-state index < -0.39 is 23.5 Å². The van der Waals surface area contributed by atoms with Gasteiger partial charge < -0.3 is 19.5 Å². The SMILES string of the molecule is COCCN1C(=O)C(=O)/C(=C(/O)c2ccc(OC)c(C)c2)C1c1ccc(F)cc1. The molecule has 0 bridgehead atoms. The van der Waals surface area contributed by atoms with Gasteiger partial charge in [0, 0.05) is 19.2 Å². The first kappa shape index (κ1) is 20.5. The van der Waals surface area contributed by atoms with Crippen molar-refractivity contribution in [1.29, 1.82) is 0 Å². The van der Waals surface area contributed by atoms with E-state index in [-0.39, 0.29) is 24.5 Å². The molecular weight excluding hydrogens is 377 g/mol. The van der Waals surface area contributed by atoms with Gasteiger partial charge in [-0.15, -0.1) is 0 Å². The molecule has 3 rings (SSSR count). The Morgan fingerprint density at radius 1 is 1.14 bits per heavy atom. The molecule has 1 unspecified atom stereocenters. The van der Waals surface area contributed by atoms with Gasteiger partial charge in [-0.3, -0.25) is 9.59 Å². The monoisotopic (exact) mass is 399 g/mol. The number of aryl methyl sites for hydroxylation is 1. The van der Waals surface area contributed by atoms with Crippen LogP contribution in [0.15, 0.2) is 48.0 Å². The van der Waals surface area contributed by atoms with Crippen molar-refractivity contribution in [1.82, 2.24) is 4.90 Å². The Labute approximate surface area is 168 Å². The van der Waals surface area contributed by atoms with Gasteiger partial charge in [0.05, 0.1) is 25.3 Å². The summed E-state index contributed by atoms with van der Waals surface area (Å²) in [5.41, 5.74) is 1.64. The third-order valence-electron chi connectivity index (χ3n) is 4.93. The highest BCUT2D eigenvalue weighted by atomic mass is 19.1. The van der Waals surface area contributed by atoms with Crippen LogP contribution in [0.1, 0.15) is 22.7 Å². The average Bonchev–Trinajstić information content (AvgIpc) is 2.96. The van der Waals surface area contributed by atoms with Gasteiger partial charge in [0.25, 0.3) is 11.7 Å². The first-order chi connectivity index (χ1) is 13.9. The number of amides is 1. The number of aliphatic hydroxyl groups excluding tert-OH is 1. The number of benzene rings is 2. The zero-order valence-corrected chi connectivity index (χ0v) is 16.4. The molecule has 1 atom stereocenters. The number of ether oxygens (including phenoxy) is 2. The van der Waals surface area contributed by atoms with Gasteiger partial charge in [-0.25, -0.2) is 4.39 Å². The molecule has 0 aliphatic carbocycles. The number of hydrogen-bond donors (Lipinski definition) is 1. The van der Waals surface area contributed by atoms with E-state index in [4.69, 9.17) is 9.47 Å². The van der Waals surface area contributed by atoms with E-state index in [9.17, 15) is 19.1 Å². The number of halogens is 1. The highest BCUT2D eigenvalue weighted by Gasteiger charge is 2.45. The predicted octanol–water partition coefficient (Wildman–Crippen LogP) is 3.21. The van der Waals surface area contributed by atoms with Crippen molar-refractivity contribution >= 4 is 17.4 Å². The molecule has 6 nitrogen and oxygen atoms in total. The zero-order chi connectivity index (χ0) is 21.1. The summed E-state index contributed by atoms with van der Waals surface area (Å²) < 4.78 is 23.7. The first-order valence-electron chi connectivity index (χ1n) is 9.06. The maximum Gasteiger partial charge on any atom is 0.295 e. The molecule has 2 aromatic carbocycles. The van der Waals surface area contributed by atoms with Gasteiger partial charge >= 0.3 is 0 Å². The zero-order valence-electron chi connectivity index (χ0n) is 16.4. The Kier molecular flexibility index (Phi) is 5.98. The number of carbonyl (C=O) groups excluding carboxylic acids is 2.